The smallest absolute Gasteiger partial charge is 0.326 e. The largest absolute Gasteiger partial charge is 0.481 e. The van der Waals surface area contributed by atoms with Crippen LogP contribution in [0.25, 0.3) is 0 Å². The molecule has 27 nitrogen and oxygen atoms in total. The summed E-state index contributed by atoms with van der Waals surface area (Å²) < 4.78 is 0. The molecule has 0 bridgehead atoms. The standard InChI is InChI=1S/C38H56N12O15/c1-17(2)30(48-34(60)25-6-4-10-50(25)37(63)22(13-26(40)51)45-31(57)19(39)12-29(55)56)35(61)46-21(11-18-15-42-16-43-18)36(62)49-9-3-5-24(49)33(59)44-20(7-8-28(53)54)32(58)47-23(38(64)65)14-27(41)52/h15-17,19-25,30H,3-14,39H2,1-2H3,(H2,40,51)(H2,41,52)(H,42,43)(H,44,59)(H,45,57)(H,46,61)(H,47,58)(H,48,60)(H,53,54)(H,55,56)(H,64,65)/t19-,20-,21-,22-,23-,24-,25-,30-/m0/s1. The number of hydrogen-bond donors (Lipinski definition) is 12. The van der Waals surface area contributed by atoms with Crippen molar-refractivity contribution in [2.45, 2.75) is 126 Å². The summed E-state index contributed by atoms with van der Waals surface area (Å²) in [4.78, 5) is 162. The zero-order chi connectivity index (χ0) is 48.7. The molecule has 0 aromatic carbocycles. The van der Waals surface area contributed by atoms with Crippen molar-refractivity contribution < 1.29 is 72.9 Å². The molecular formula is C38H56N12O15. The van der Waals surface area contributed by atoms with Crippen LogP contribution in [0.3, 0.4) is 0 Å². The van der Waals surface area contributed by atoms with Crippen molar-refractivity contribution in [1.82, 2.24) is 46.4 Å². The molecule has 2 saturated heterocycles. The highest BCUT2D eigenvalue weighted by molar-refractivity contribution is 5.99. The summed E-state index contributed by atoms with van der Waals surface area (Å²) in [6.45, 7) is 3.18. The first-order chi connectivity index (χ1) is 30.5. The fourth-order valence-corrected chi connectivity index (χ4v) is 7.31. The van der Waals surface area contributed by atoms with E-state index in [1.54, 1.807) is 13.8 Å². The van der Waals surface area contributed by atoms with E-state index in [2.05, 4.69) is 36.6 Å². The van der Waals surface area contributed by atoms with Crippen molar-refractivity contribution in [3.05, 3.63) is 18.2 Å². The SMILES string of the molecule is CC(C)[C@H](NC(=O)[C@@H]1CCCN1C(=O)[C@H](CC(N)=O)NC(=O)[C@@H](N)CC(=O)O)C(=O)N[C@@H](Cc1cnc[nH]1)C(=O)N1CCC[C@H]1C(=O)N[C@@H](CCC(=O)O)C(=O)N[C@@H](CC(N)=O)C(=O)O. The van der Waals surface area contributed by atoms with Crippen LogP contribution in [-0.2, 0) is 64.0 Å². The molecule has 0 saturated carbocycles. The van der Waals surface area contributed by atoms with Crippen LogP contribution in [0.15, 0.2) is 12.5 Å². The van der Waals surface area contributed by atoms with Gasteiger partial charge < -0.3 is 73.9 Å². The third-order valence-corrected chi connectivity index (χ3v) is 10.6. The molecule has 1 aromatic rings. The molecule has 8 atom stereocenters. The van der Waals surface area contributed by atoms with Crippen molar-refractivity contribution >= 4 is 71.1 Å². The summed E-state index contributed by atoms with van der Waals surface area (Å²) in [5, 5.41) is 39.7. The Morgan fingerprint density at radius 2 is 1.22 bits per heavy atom. The molecule has 2 fully saturated rings. The molecule has 0 unspecified atom stereocenters. The minimum Gasteiger partial charge on any atom is -0.481 e. The number of nitrogens with one attached hydrogen (secondary N) is 6. The lowest BCUT2D eigenvalue weighted by Crippen LogP contribution is -2.61. The van der Waals surface area contributed by atoms with E-state index in [0.717, 1.165) is 9.80 Å². The van der Waals surface area contributed by atoms with Gasteiger partial charge in [0.15, 0.2) is 0 Å². The Labute approximate surface area is 370 Å². The van der Waals surface area contributed by atoms with Crippen molar-refractivity contribution in [1.29, 1.82) is 0 Å². The minimum absolute atomic E-state index is 0.00343. The van der Waals surface area contributed by atoms with E-state index in [-0.39, 0.29) is 38.8 Å². The Morgan fingerprint density at radius 1 is 0.692 bits per heavy atom. The van der Waals surface area contributed by atoms with E-state index in [1.165, 1.54) is 12.5 Å². The average molecular weight is 921 g/mol. The molecule has 9 amide bonds. The molecule has 65 heavy (non-hydrogen) atoms. The first-order valence-corrected chi connectivity index (χ1v) is 20.6. The van der Waals surface area contributed by atoms with Gasteiger partial charge in [-0.2, -0.15) is 0 Å². The van der Waals surface area contributed by atoms with Gasteiger partial charge in [0, 0.05) is 37.8 Å². The van der Waals surface area contributed by atoms with Crippen molar-refractivity contribution in [3.63, 3.8) is 0 Å². The number of amides is 9. The van der Waals surface area contributed by atoms with Gasteiger partial charge in [-0.1, -0.05) is 13.8 Å². The number of carboxylic acid groups (broad SMARTS) is 3. The number of H-pyrrole nitrogens is 1. The van der Waals surface area contributed by atoms with Crippen LogP contribution in [0.4, 0.5) is 0 Å². The number of carbonyl (C=O) groups is 12. The maximum absolute atomic E-state index is 14.3. The van der Waals surface area contributed by atoms with Gasteiger partial charge in [0.1, 0.15) is 42.3 Å². The van der Waals surface area contributed by atoms with Crippen LogP contribution in [0.1, 0.15) is 77.3 Å². The number of nitrogens with two attached hydrogens (primary N) is 3. The molecule has 3 rings (SSSR count). The van der Waals surface area contributed by atoms with Gasteiger partial charge in [-0.25, -0.2) is 9.78 Å². The zero-order valence-corrected chi connectivity index (χ0v) is 35.7. The van der Waals surface area contributed by atoms with Gasteiger partial charge in [0.2, 0.25) is 53.2 Å². The Bertz CT molecular complexity index is 1980. The van der Waals surface area contributed by atoms with E-state index in [0.29, 0.717) is 12.1 Å². The van der Waals surface area contributed by atoms with Gasteiger partial charge in [-0.3, -0.25) is 52.7 Å². The number of aromatic nitrogens is 2. The van der Waals surface area contributed by atoms with Gasteiger partial charge in [0.25, 0.3) is 0 Å². The van der Waals surface area contributed by atoms with E-state index in [1.807, 2.05) is 0 Å². The number of aliphatic carboxylic acids is 3. The molecule has 358 valence electrons. The molecular weight excluding hydrogens is 864 g/mol. The first kappa shape index (κ1) is 52.2. The highest BCUT2D eigenvalue weighted by Crippen LogP contribution is 2.22. The number of rotatable bonds is 25. The minimum atomic E-state index is -1.79. The van der Waals surface area contributed by atoms with Crippen molar-refractivity contribution in [2.75, 3.05) is 13.1 Å². The molecule has 0 spiro atoms. The van der Waals surface area contributed by atoms with Gasteiger partial charge in [-0.15, -0.1) is 0 Å². The van der Waals surface area contributed by atoms with Crippen LogP contribution in [0, 0.1) is 5.92 Å². The number of hydrogen-bond acceptors (Lipinski definition) is 14. The van der Waals surface area contributed by atoms with Crippen LogP contribution in [0.5, 0.6) is 0 Å². The topological polar surface area (TPSA) is 439 Å². The number of imidazole rings is 1. The molecule has 15 N–H and O–H groups in total. The maximum Gasteiger partial charge on any atom is 0.326 e. The van der Waals surface area contributed by atoms with Crippen LogP contribution in [0.2, 0.25) is 0 Å². The Balaban J connectivity index is 1.82. The quantitative estimate of drug-likeness (QED) is 0.0435. The summed E-state index contributed by atoms with van der Waals surface area (Å²) in [5.41, 5.74) is 16.4. The zero-order valence-electron chi connectivity index (χ0n) is 35.7. The average Bonchev–Trinajstić information content (AvgIpc) is 4.02. The Morgan fingerprint density at radius 3 is 1.71 bits per heavy atom. The fraction of sp³-hybridized carbons (Fsp3) is 0.605. The molecule has 0 radical (unpaired) electrons. The van der Waals surface area contributed by atoms with Crippen molar-refractivity contribution in [2.24, 2.45) is 23.1 Å². The predicted molar refractivity (Wildman–Crippen MR) is 219 cm³/mol. The second-order valence-corrected chi connectivity index (χ2v) is 16.0. The third-order valence-electron chi connectivity index (χ3n) is 10.6. The van der Waals surface area contributed by atoms with Crippen LogP contribution >= 0.6 is 0 Å². The second-order valence-electron chi connectivity index (χ2n) is 16.0. The molecule has 27 heteroatoms. The molecule has 2 aliphatic heterocycles. The first-order valence-electron chi connectivity index (χ1n) is 20.6. The molecule has 3 heterocycles. The molecule has 2 aliphatic rings. The lowest BCUT2D eigenvalue weighted by atomic mass is 10.0. The molecule has 1 aromatic heterocycles. The maximum atomic E-state index is 14.3. The van der Waals surface area contributed by atoms with Gasteiger partial charge in [-0.05, 0) is 38.0 Å². The number of aromatic amines is 1. The monoisotopic (exact) mass is 920 g/mol. The Kier molecular flexibility index (Phi) is 19.3. The van der Waals surface area contributed by atoms with Crippen molar-refractivity contribution in [3.8, 4) is 0 Å². The summed E-state index contributed by atoms with van der Waals surface area (Å²) >= 11 is 0. The number of primary amides is 2. The number of carbonyl (C=O) groups excluding carboxylic acids is 9. The van der Waals surface area contributed by atoms with Crippen LogP contribution in [-0.4, -0.2) is 168 Å². The second kappa shape index (κ2) is 24.0. The van der Waals surface area contributed by atoms with Gasteiger partial charge >= 0.3 is 17.9 Å². The predicted octanol–water partition coefficient (Wildman–Crippen LogP) is -5.48. The number of nitrogens with zero attached hydrogens (tertiary/aromatic N) is 3. The normalized spacial score (nSPS) is 18.5. The molecule has 0 aliphatic carbocycles. The lowest BCUT2D eigenvalue weighted by Gasteiger charge is -2.32. The highest BCUT2D eigenvalue weighted by atomic mass is 16.4. The van der Waals surface area contributed by atoms with Crippen LogP contribution < -0.4 is 43.8 Å². The van der Waals surface area contributed by atoms with E-state index >= 15 is 0 Å². The third kappa shape index (κ3) is 15.5. The van der Waals surface area contributed by atoms with Gasteiger partial charge in [0.05, 0.1) is 31.6 Å². The Hall–Kier alpha value is -7.19. The fourth-order valence-electron chi connectivity index (χ4n) is 7.31. The summed E-state index contributed by atoms with van der Waals surface area (Å²) in [6.07, 6.45) is -0.173. The number of carboxylic acids is 3. The summed E-state index contributed by atoms with van der Waals surface area (Å²) in [6, 6.07) is -11.8. The summed E-state index contributed by atoms with van der Waals surface area (Å²) in [7, 11) is 0. The van der Waals surface area contributed by atoms with E-state index in [9.17, 15) is 67.7 Å². The number of likely N-dealkylation sites (tertiary alicyclic amines) is 2. The highest BCUT2D eigenvalue weighted by Gasteiger charge is 2.43. The summed E-state index contributed by atoms with van der Waals surface area (Å²) in [5.74, 6) is -13.4. The van der Waals surface area contributed by atoms with E-state index < -0.39 is 157 Å². The van der Waals surface area contributed by atoms with E-state index in [4.69, 9.17) is 22.3 Å². The lowest BCUT2D eigenvalue weighted by molar-refractivity contribution is -0.145.